The number of nitrogen functional groups attached to an aromatic ring is 1. The van der Waals surface area contributed by atoms with Crippen LogP contribution in [-0.2, 0) is 0 Å². The first-order valence-corrected chi connectivity index (χ1v) is 3.92. The van der Waals surface area contributed by atoms with Crippen molar-refractivity contribution >= 4 is 11.4 Å². The Morgan fingerprint density at radius 2 is 2.08 bits per heavy atom. The predicted molar refractivity (Wildman–Crippen MR) is 51.2 cm³/mol. The van der Waals surface area contributed by atoms with Crippen LogP contribution in [0.1, 0.15) is 25.3 Å². The third kappa shape index (κ3) is 1.40. The fourth-order valence-electron chi connectivity index (χ4n) is 1.17. The molecule has 1 rings (SSSR count). The Labute approximate surface area is 72.8 Å². The monoisotopic (exact) mass is 160 g/mol. The molecule has 0 amide bonds. The van der Waals surface area contributed by atoms with Gasteiger partial charge in [0.15, 0.2) is 0 Å². The van der Waals surface area contributed by atoms with E-state index in [2.05, 4.69) is 18.7 Å². The number of hydrogen-bond donors (Lipinski definition) is 1. The Hall–Kier alpha value is -1.49. The van der Waals surface area contributed by atoms with Crippen molar-refractivity contribution in [3.8, 4) is 0 Å². The average molecular weight is 160 g/mol. The van der Waals surface area contributed by atoms with Crippen LogP contribution in [0.15, 0.2) is 18.2 Å². The molecule has 0 heterocycles. The van der Waals surface area contributed by atoms with Gasteiger partial charge in [0.1, 0.15) is 0 Å². The molecule has 2 heteroatoms. The highest BCUT2D eigenvalue weighted by molar-refractivity contribution is 5.71. The van der Waals surface area contributed by atoms with Crippen LogP contribution in [0.3, 0.4) is 0 Å². The lowest BCUT2D eigenvalue weighted by atomic mass is 10.0. The minimum Gasteiger partial charge on any atom is -0.407 e. The van der Waals surface area contributed by atoms with Gasteiger partial charge in [-0.15, -0.1) is 0 Å². The molecule has 2 nitrogen and oxygen atoms in total. The average Bonchev–Trinajstić information content (AvgIpc) is 2.04. The summed E-state index contributed by atoms with van der Waals surface area (Å²) in [6, 6.07) is 5.59. The SMILES string of the molecule is [C-]#[N+]c1cccc(C(C)C)c1N. The Balaban J connectivity index is 3.25. The summed E-state index contributed by atoms with van der Waals surface area (Å²) < 4.78 is 0. The smallest absolute Gasteiger partial charge is 0.209 e. The van der Waals surface area contributed by atoms with E-state index in [1.54, 1.807) is 6.07 Å². The summed E-state index contributed by atoms with van der Waals surface area (Å²) in [6.45, 7) is 11.0. The molecule has 0 aliphatic heterocycles. The largest absolute Gasteiger partial charge is 0.407 e. The number of nitrogens with zero attached hydrogens (tertiary/aromatic N) is 1. The van der Waals surface area contributed by atoms with Crippen molar-refractivity contribution in [1.29, 1.82) is 0 Å². The highest BCUT2D eigenvalue weighted by Gasteiger charge is 2.06. The van der Waals surface area contributed by atoms with E-state index in [9.17, 15) is 0 Å². The molecule has 1 aromatic carbocycles. The zero-order valence-electron chi connectivity index (χ0n) is 7.33. The second kappa shape index (κ2) is 3.27. The van der Waals surface area contributed by atoms with Gasteiger partial charge < -0.3 is 5.73 Å². The zero-order valence-corrected chi connectivity index (χ0v) is 7.33. The summed E-state index contributed by atoms with van der Waals surface area (Å²) in [7, 11) is 0. The van der Waals surface area contributed by atoms with E-state index < -0.39 is 0 Å². The fraction of sp³-hybridized carbons (Fsp3) is 0.300. The summed E-state index contributed by atoms with van der Waals surface area (Å²) >= 11 is 0. The molecule has 0 unspecified atom stereocenters. The maximum atomic E-state index is 6.87. The number of rotatable bonds is 1. The van der Waals surface area contributed by atoms with Gasteiger partial charge in [0.2, 0.25) is 5.69 Å². The van der Waals surface area contributed by atoms with Crippen LogP contribution >= 0.6 is 0 Å². The first-order chi connectivity index (χ1) is 5.66. The Morgan fingerprint density at radius 1 is 1.42 bits per heavy atom. The van der Waals surface area contributed by atoms with Crippen LogP contribution in [-0.4, -0.2) is 0 Å². The van der Waals surface area contributed by atoms with Crippen LogP contribution in [0.2, 0.25) is 0 Å². The van der Waals surface area contributed by atoms with E-state index in [-0.39, 0.29) is 0 Å². The van der Waals surface area contributed by atoms with Gasteiger partial charge in [0.25, 0.3) is 0 Å². The molecule has 2 N–H and O–H groups in total. The quantitative estimate of drug-likeness (QED) is 0.497. The van der Waals surface area contributed by atoms with Gasteiger partial charge in [-0.25, -0.2) is 4.85 Å². The van der Waals surface area contributed by atoms with E-state index in [0.29, 0.717) is 17.3 Å². The van der Waals surface area contributed by atoms with Crippen LogP contribution in [0.5, 0.6) is 0 Å². The van der Waals surface area contributed by atoms with Gasteiger partial charge in [0.05, 0.1) is 6.57 Å². The van der Waals surface area contributed by atoms with Crippen LogP contribution in [0.25, 0.3) is 4.85 Å². The van der Waals surface area contributed by atoms with E-state index in [1.807, 2.05) is 12.1 Å². The molecule has 1 aromatic rings. The van der Waals surface area contributed by atoms with Gasteiger partial charge in [-0.05, 0) is 11.5 Å². The summed E-state index contributed by atoms with van der Waals surface area (Å²) in [5.74, 6) is 0.381. The van der Waals surface area contributed by atoms with Crippen molar-refractivity contribution in [3.05, 3.63) is 35.2 Å². The molecule has 0 saturated heterocycles. The minimum absolute atomic E-state index is 0.381. The summed E-state index contributed by atoms with van der Waals surface area (Å²) in [6.07, 6.45) is 0. The molecule has 0 bridgehead atoms. The normalized spacial score (nSPS) is 9.83. The number of para-hydroxylation sites is 1. The zero-order chi connectivity index (χ0) is 9.14. The third-order valence-corrected chi connectivity index (χ3v) is 1.86. The van der Waals surface area contributed by atoms with Crippen LogP contribution in [0.4, 0.5) is 11.4 Å². The van der Waals surface area contributed by atoms with Gasteiger partial charge >= 0.3 is 0 Å². The van der Waals surface area contributed by atoms with Crippen LogP contribution < -0.4 is 5.73 Å². The van der Waals surface area contributed by atoms with E-state index in [0.717, 1.165) is 5.56 Å². The van der Waals surface area contributed by atoms with Crippen molar-refractivity contribution in [3.63, 3.8) is 0 Å². The topological polar surface area (TPSA) is 30.4 Å². The maximum absolute atomic E-state index is 6.87. The van der Waals surface area contributed by atoms with Crippen molar-refractivity contribution < 1.29 is 0 Å². The van der Waals surface area contributed by atoms with Gasteiger partial charge in [-0.1, -0.05) is 32.0 Å². The maximum Gasteiger partial charge on any atom is 0.209 e. The second-order valence-electron chi connectivity index (χ2n) is 3.05. The number of anilines is 1. The predicted octanol–water partition coefficient (Wildman–Crippen LogP) is 2.94. The lowest BCUT2D eigenvalue weighted by Crippen LogP contribution is -1.95. The van der Waals surface area contributed by atoms with E-state index in [4.69, 9.17) is 12.3 Å². The van der Waals surface area contributed by atoms with E-state index >= 15 is 0 Å². The number of nitrogens with two attached hydrogens (primary N) is 1. The molecular formula is C10H12N2. The van der Waals surface area contributed by atoms with Crippen molar-refractivity contribution in [2.24, 2.45) is 0 Å². The van der Waals surface area contributed by atoms with Crippen molar-refractivity contribution in [2.45, 2.75) is 19.8 Å². The highest BCUT2D eigenvalue weighted by Crippen LogP contribution is 2.30. The number of hydrogen-bond acceptors (Lipinski definition) is 1. The lowest BCUT2D eigenvalue weighted by Gasteiger charge is -2.09. The van der Waals surface area contributed by atoms with E-state index in [1.165, 1.54) is 0 Å². The molecule has 0 aromatic heterocycles. The fourth-order valence-corrected chi connectivity index (χ4v) is 1.17. The molecule has 12 heavy (non-hydrogen) atoms. The molecule has 0 saturated carbocycles. The van der Waals surface area contributed by atoms with Crippen molar-refractivity contribution in [2.75, 3.05) is 5.73 Å². The molecule has 0 aliphatic rings. The highest BCUT2D eigenvalue weighted by atomic mass is 14.7. The van der Waals surface area contributed by atoms with Gasteiger partial charge in [0, 0.05) is 5.69 Å². The Bertz CT molecular complexity index is 321. The van der Waals surface area contributed by atoms with Crippen LogP contribution in [0, 0.1) is 6.57 Å². The Kier molecular flexibility index (Phi) is 2.35. The molecule has 62 valence electrons. The minimum atomic E-state index is 0.381. The van der Waals surface area contributed by atoms with Gasteiger partial charge in [-0.2, -0.15) is 0 Å². The molecule has 0 spiro atoms. The third-order valence-electron chi connectivity index (χ3n) is 1.86. The number of benzene rings is 1. The Morgan fingerprint density at radius 3 is 2.58 bits per heavy atom. The summed E-state index contributed by atoms with van der Waals surface area (Å²) in [5.41, 5.74) is 8.02. The molecule has 0 radical (unpaired) electrons. The lowest BCUT2D eigenvalue weighted by molar-refractivity contribution is 0.871. The second-order valence-corrected chi connectivity index (χ2v) is 3.05. The first-order valence-electron chi connectivity index (χ1n) is 3.92. The van der Waals surface area contributed by atoms with Crippen molar-refractivity contribution in [1.82, 2.24) is 0 Å². The standard InChI is InChI=1S/C10H12N2/c1-7(2)8-5-4-6-9(12-3)10(8)11/h4-7H,11H2,1-2H3. The summed E-state index contributed by atoms with van der Waals surface area (Å²) in [5, 5.41) is 0. The molecule has 0 aliphatic carbocycles. The molecule has 0 fully saturated rings. The summed E-state index contributed by atoms with van der Waals surface area (Å²) in [4.78, 5) is 3.34. The first kappa shape index (κ1) is 8.61. The molecule has 0 atom stereocenters. The van der Waals surface area contributed by atoms with Gasteiger partial charge in [-0.3, -0.25) is 0 Å². The molecular weight excluding hydrogens is 148 g/mol.